The Morgan fingerprint density at radius 2 is 1.53 bits per heavy atom. The lowest BCUT2D eigenvalue weighted by molar-refractivity contribution is 0.162. The lowest BCUT2D eigenvalue weighted by Gasteiger charge is -2.48. The summed E-state index contributed by atoms with van der Waals surface area (Å²) in [6.07, 6.45) is 0.633. The van der Waals surface area contributed by atoms with Gasteiger partial charge in [0.25, 0.3) is 0 Å². The van der Waals surface area contributed by atoms with Crippen molar-refractivity contribution in [3.8, 4) is 16.9 Å². The summed E-state index contributed by atoms with van der Waals surface area (Å²) >= 11 is 0. The SMILES string of the molecule is C/C=C(\C)F.O=P(O)(O)c1ccc(-c2ccc(C3C(CCC(O)c4ccc(F)cc4)S(=O)(=O)N3c3ccccc3)c(O)c2)cc1. The molecular weight excluding hydrogens is 623 g/mol. The van der Waals surface area contributed by atoms with Gasteiger partial charge in [0.05, 0.1) is 29.0 Å². The predicted molar refractivity (Wildman–Crippen MR) is 171 cm³/mol. The third kappa shape index (κ3) is 7.87. The molecule has 238 valence electrons. The third-order valence-electron chi connectivity index (χ3n) is 7.54. The Hall–Kier alpha value is -3.86. The fraction of sp³-hybridized carbons (Fsp3) is 0.212. The molecule has 0 bridgehead atoms. The number of hydrogen-bond donors (Lipinski definition) is 4. The lowest BCUT2D eigenvalue weighted by Crippen LogP contribution is -2.58. The minimum Gasteiger partial charge on any atom is -0.508 e. The smallest absolute Gasteiger partial charge is 0.356 e. The number of phenolic OH excluding ortho intramolecular Hbond substituents is 1. The first kappa shape index (κ1) is 34.0. The molecule has 1 fully saturated rings. The molecule has 0 radical (unpaired) electrons. The van der Waals surface area contributed by atoms with Crippen LogP contribution in [-0.2, 0) is 14.6 Å². The van der Waals surface area contributed by atoms with Gasteiger partial charge in [-0.2, -0.15) is 0 Å². The summed E-state index contributed by atoms with van der Waals surface area (Å²) in [6.45, 7) is 3.08. The largest absolute Gasteiger partial charge is 0.508 e. The van der Waals surface area contributed by atoms with Crippen LogP contribution in [0.4, 0.5) is 14.5 Å². The van der Waals surface area contributed by atoms with Crippen molar-refractivity contribution in [1.82, 2.24) is 0 Å². The molecule has 45 heavy (non-hydrogen) atoms. The number of aliphatic hydroxyl groups excluding tert-OH is 1. The molecule has 1 saturated heterocycles. The van der Waals surface area contributed by atoms with Crippen LogP contribution < -0.4 is 9.61 Å². The fourth-order valence-electron chi connectivity index (χ4n) is 5.07. The van der Waals surface area contributed by atoms with Crippen molar-refractivity contribution in [1.29, 1.82) is 0 Å². The van der Waals surface area contributed by atoms with E-state index in [1.807, 2.05) is 0 Å². The van der Waals surface area contributed by atoms with Crippen LogP contribution >= 0.6 is 7.60 Å². The number of para-hydroxylation sites is 1. The molecule has 3 unspecified atom stereocenters. The van der Waals surface area contributed by atoms with Gasteiger partial charge in [0.2, 0.25) is 10.0 Å². The number of rotatable bonds is 8. The van der Waals surface area contributed by atoms with Crippen molar-refractivity contribution in [2.45, 2.75) is 44.1 Å². The van der Waals surface area contributed by atoms with E-state index in [0.29, 0.717) is 27.9 Å². The number of anilines is 1. The third-order valence-corrected chi connectivity index (χ3v) is 10.8. The second kappa shape index (κ2) is 14.1. The summed E-state index contributed by atoms with van der Waals surface area (Å²) in [4.78, 5) is 18.7. The van der Waals surface area contributed by atoms with Crippen LogP contribution in [0.3, 0.4) is 0 Å². The molecule has 0 spiro atoms. The molecule has 0 amide bonds. The zero-order chi connectivity index (χ0) is 32.9. The molecule has 1 aliphatic heterocycles. The van der Waals surface area contributed by atoms with Crippen molar-refractivity contribution < 1.29 is 41.8 Å². The minimum absolute atomic E-state index is 0.0971. The van der Waals surface area contributed by atoms with Crippen LogP contribution in [-0.4, -0.2) is 33.7 Å². The summed E-state index contributed by atoms with van der Waals surface area (Å²) in [5.41, 5.74) is 2.50. The van der Waals surface area contributed by atoms with Crippen molar-refractivity contribution in [2.24, 2.45) is 0 Å². The van der Waals surface area contributed by atoms with Gasteiger partial charge in [0.1, 0.15) is 16.8 Å². The first-order valence-corrected chi connectivity index (χ1v) is 17.1. The van der Waals surface area contributed by atoms with E-state index in [9.17, 15) is 41.8 Å². The van der Waals surface area contributed by atoms with Gasteiger partial charge in [-0.25, -0.2) is 17.2 Å². The second-order valence-corrected chi connectivity index (χ2v) is 14.2. The predicted octanol–water partition coefficient (Wildman–Crippen LogP) is 6.65. The number of benzene rings is 4. The van der Waals surface area contributed by atoms with Gasteiger partial charge in [0.15, 0.2) is 0 Å². The maximum Gasteiger partial charge on any atom is 0.356 e. The molecule has 4 aromatic rings. The maximum atomic E-state index is 13.5. The number of hydrogen-bond acceptors (Lipinski definition) is 5. The van der Waals surface area contributed by atoms with Gasteiger partial charge in [-0.1, -0.05) is 60.7 Å². The standard InChI is InChI=1S/C29H27FNO7PS.C4H7F/c30-22-11-6-20(7-12-22)26(32)16-17-28-29(31(40(28,37)38)23-4-2-1-3-5-23)25-15-10-21(18-27(25)33)19-8-13-24(14-9-19)39(34,35)36;1-3-4(2)5/h1-15,18,26,28-29,32-33H,16-17H2,(H2,34,35,36);3H,1-2H3/b;4-3+. The van der Waals surface area contributed by atoms with Gasteiger partial charge in [-0.05, 0) is 85.8 Å². The van der Waals surface area contributed by atoms with E-state index < -0.39 is 40.8 Å². The quantitative estimate of drug-likeness (QED) is 0.156. The molecule has 4 aromatic carbocycles. The first-order chi connectivity index (χ1) is 21.2. The Morgan fingerprint density at radius 1 is 0.956 bits per heavy atom. The fourth-order valence-corrected chi connectivity index (χ4v) is 7.72. The van der Waals surface area contributed by atoms with Crippen LogP contribution in [0.2, 0.25) is 0 Å². The summed E-state index contributed by atoms with van der Waals surface area (Å²) in [7, 11) is -8.21. The van der Waals surface area contributed by atoms with E-state index in [1.165, 1.54) is 71.9 Å². The van der Waals surface area contributed by atoms with E-state index in [-0.39, 0.29) is 29.7 Å². The number of nitrogens with zero attached hydrogens (tertiary/aromatic N) is 1. The number of aromatic hydroxyl groups is 1. The van der Waals surface area contributed by atoms with E-state index >= 15 is 0 Å². The Balaban J connectivity index is 0.000000854. The normalized spacial score (nSPS) is 18.4. The van der Waals surface area contributed by atoms with E-state index in [1.54, 1.807) is 49.4 Å². The molecule has 1 heterocycles. The van der Waals surface area contributed by atoms with Crippen molar-refractivity contribution in [2.75, 3.05) is 4.31 Å². The number of sulfonamides is 1. The first-order valence-electron chi connectivity index (χ1n) is 14.0. The Labute approximate surface area is 261 Å². The number of halogens is 2. The molecule has 12 heteroatoms. The summed E-state index contributed by atoms with van der Waals surface area (Å²) in [5, 5.41) is 20.7. The lowest BCUT2D eigenvalue weighted by atomic mass is 9.94. The van der Waals surface area contributed by atoms with Crippen LogP contribution in [0.1, 0.15) is 50.0 Å². The van der Waals surface area contributed by atoms with E-state index in [2.05, 4.69) is 0 Å². The Kier molecular flexibility index (Phi) is 10.6. The number of allylic oxidation sites excluding steroid dienone is 2. The average molecular weight is 658 g/mol. The van der Waals surface area contributed by atoms with Crippen LogP contribution in [0.5, 0.6) is 5.75 Å². The van der Waals surface area contributed by atoms with Crippen molar-refractivity contribution in [3.63, 3.8) is 0 Å². The highest BCUT2D eigenvalue weighted by atomic mass is 32.2. The van der Waals surface area contributed by atoms with Crippen molar-refractivity contribution in [3.05, 3.63) is 126 Å². The minimum atomic E-state index is -4.39. The maximum absolute atomic E-state index is 13.5. The van der Waals surface area contributed by atoms with Crippen LogP contribution in [0, 0.1) is 5.82 Å². The van der Waals surface area contributed by atoms with Gasteiger partial charge in [-0.15, -0.1) is 0 Å². The van der Waals surface area contributed by atoms with E-state index in [0.717, 1.165) is 0 Å². The van der Waals surface area contributed by atoms with Crippen LogP contribution in [0.15, 0.2) is 109 Å². The van der Waals surface area contributed by atoms with Crippen molar-refractivity contribution >= 4 is 28.6 Å². The van der Waals surface area contributed by atoms with Gasteiger partial charge in [0, 0.05) is 5.56 Å². The van der Waals surface area contributed by atoms with Gasteiger partial charge < -0.3 is 20.0 Å². The molecule has 3 atom stereocenters. The Bertz CT molecular complexity index is 1790. The highest BCUT2D eigenvalue weighted by Crippen LogP contribution is 2.50. The monoisotopic (exact) mass is 657 g/mol. The highest BCUT2D eigenvalue weighted by molar-refractivity contribution is 7.95. The number of aliphatic hydroxyl groups is 1. The van der Waals surface area contributed by atoms with Crippen LogP contribution in [0.25, 0.3) is 11.1 Å². The summed E-state index contributed by atoms with van der Waals surface area (Å²) in [6, 6.07) is 23.7. The topological polar surface area (TPSA) is 135 Å². The molecule has 1 aliphatic rings. The molecular formula is C33H34F2NO7PS. The van der Waals surface area contributed by atoms with E-state index in [4.69, 9.17) is 0 Å². The average Bonchev–Trinajstić information content (AvgIpc) is 3.01. The van der Waals surface area contributed by atoms with Gasteiger partial charge in [-0.3, -0.25) is 8.87 Å². The van der Waals surface area contributed by atoms with Gasteiger partial charge >= 0.3 is 7.60 Å². The molecule has 8 nitrogen and oxygen atoms in total. The molecule has 0 aromatic heterocycles. The second-order valence-electron chi connectivity index (χ2n) is 10.5. The zero-order valence-corrected chi connectivity index (χ0v) is 26.2. The molecule has 0 aliphatic carbocycles. The number of phenols is 1. The molecule has 5 rings (SSSR count). The summed E-state index contributed by atoms with van der Waals surface area (Å²) < 4.78 is 64.3. The Morgan fingerprint density at radius 3 is 2.07 bits per heavy atom. The summed E-state index contributed by atoms with van der Waals surface area (Å²) in [5.74, 6) is -0.695. The molecule has 0 saturated carbocycles. The highest BCUT2D eigenvalue weighted by Gasteiger charge is 2.54. The zero-order valence-electron chi connectivity index (χ0n) is 24.5. The molecule has 4 N–H and O–H groups in total.